The Bertz CT molecular complexity index is 755. The van der Waals surface area contributed by atoms with Gasteiger partial charge in [-0.25, -0.2) is 14.6 Å². The first-order valence-electron chi connectivity index (χ1n) is 9.17. The summed E-state index contributed by atoms with van der Waals surface area (Å²) in [5.74, 6) is 1.02. The summed E-state index contributed by atoms with van der Waals surface area (Å²) >= 11 is 0. The Morgan fingerprint density at radius 2 is 1.77 bits per heavy atom. The highest BCUT2D eigenvalue weighted by Crippen LogP contribution is 2.21. The maximum absolute atomic E-state index is 12.7. The quantitative estimate of drug-likeness (QED) is 0.769. The molecule has 142 valence electrons. The molecule has 0 spiro atoms. The summed E-state index contributed by atoms with van der Waals surface area (Å²) in [6.07, 6.45) is 1.56. The van der Waals surface area contributed by atoms with Crippen molar-refractivity contribution >= 4 is 22.9 Å². The van der Waals surface area contributed by atoms with Crippen LogP contribution in [0.2, 0.25) is 0 Å². The minimum Gasteiger partial charge on any atom is -0.352 e. The molecule has 3 rings (SSSR count). The first-order chi connectivity index (χ1) is 12.4. The van der Waals surface area contributed by atoms with Crippen molar-refractivity contribution in [2.75, 3.05) is 37.6 Å². The van der Waals surface area contributed by atoms with E-state index in [4.69, 9.17) is 0 Å². The largest absolute Gasteiger partial charge is 0.352 e. The van der Waals surface area contributed by atoms with Crippen LogP contribution in [0.1, 0.15) is 27.7 Å². The van der Waals surface area contributed by atoms with E-state index in [9.17, 15) is 4.79 Å². The van der Waals surface area contributed by atoms with Crippen LogP contribution in [0.15, 0.2) is 6.33 Å². The predicted octanol–water partition coefficient (Wildman–Crippen LogP) is 0.526. The molecule has 1 aliphatic rings. The highest BCUT2D eigenvalue weighted by molar-refractivity contribution is 5.82. The molecule has 1 fully saturated rings. The Morgan fingerprint density at radius 3 is 2.38 bits per heavy atom. The minimum absolute atomic E-state index is 0.196. The van der Waals surface area contributed by atoms with Gasteiger partial charge >= 0.3 is 0 Å². The van der Waals surface area contributed by atoms with Gasteiger partial charge in [-0.1, -0.05) is 5.21 Å². The zero-order valence-corrected chi connectivity index (χ0v) is 16.3. The first-order valence-corrected chi connectivity index (χ1v) is 9.17. The number of nitrogens with zero attached hydrogens (tertiary/aromatic N) is 8. The van der Waals surface area contributed by atoms with E-state index in [0.717, 1.165) is 43.2 Å². The molecule has 0 radical (unpaired) electrons. The van der Waals surface area contributed by atoms with Crippen molar-refractivity contribution in [3.63, 3.8) is 0 Å². The van der Waals surface area contributed by atoms with Gasteiger partial charge in [-0.3, -0.25) is 9.69 Å². The van der Waals surface area contributed by atoms with Gasteiger partial charge in [0, 0.05) is 45.3 Å². The molecule has 0 atom stereocenters. The molecule has 1 aliphatic heterocycles. The second-order valence-electron chi connectivity index (χ2n) is 7.33. The number of anilines is 1. The van der Waals surface area contributed by atoms with Gasteiger partial charge in [0.25, 0.3) is 0 Å². The number of fused-ring (bicyclic) bond motifs is 1. The SMILES string of the molecule is CC(C)N(C(=O)CN1CCN(c2ncnc3c2nnn3C)CC1)C(C)C. The number of carbonyl (C=O) groups is 1. The van der Waals surface area contributed by atoms with Crippen LogP contribution in [0, 0.1) is 0 Å². The predicted molar refractivity (Wildman–Crippen MR) is 99.9 cm³/mol. The second kappa shape index (κ2) is 7.53. The fourth-order valence-electron chi connectivity index (χ4n) is 3.64. The smallest absolute Gasteiger partial charge is 0.237 e. The van der Waals surface area contributed by atoms with Crippen molar-refractivity contribution < 1.29 is 4.79 Å². The lowest BCUT2D eigenvalue weighted by Gasteiger charge is -2.37. The number of hydrogen-bond acceptors (Lipinski definition) is 7. The number of carbonyl (C=O) groups excluding carboxylic acids is 1. The Morgan fingerprint density at radius 1 is 1.12 bits per heavy atom. The van der Waals surface area contributed by atoms with Crippen LogP contribution in [-0.2, 0) is 11.8 Å². The number of aryl methyl sites for hydroxylation is 1. The van der Waals surface area contributed by atoms with Crippen LogP contribution in [0.25, 0.3) is 11.2 Å². The van der Waals surface area contributed by atoms with Crippen molar-refractivity contribution in [1.82, 2.24) is 34.8 Å². The molecule has 1 amide bonds. The second-order valence-corrected chi connectivity index (χ2v) is 7.33. The third kappa shape index (κ3) is 3.62. The third-order valence-corrected chi connectivity index (χ3v) is 4.80. The molecule has 2 aromatic rings. The lowest BCUT2D eigenvalue weighted by Crippen LogP contribution is -2.52. The molecule has 9 nitrogen and oxygen atoms in total. The van der Waals surface area contributed by atoms with Gasteiger partial charge in [0.1, 0.15) is 6.33 Å². The zero-order valence-electron chi connectivity index (χ0n) is 16.3. The molecule has 2 aromatic heterocycles. The summed E-state index contributed by atoms with van der Waals surface area (Å²) in [5.41, 5.74) is 1.46. The Labute approximate surface area is 154 Å². The molecule has 0 bridgehead atoms. The minimum atomic E-state index is 0.196. The summed E-state index contributed by atoms with van der Waals surface area (Å²) < 4.78 is 1.65. The van der Waals surface area contributed by atoms with Crippen molar-refractivity contribution in [2.24, 2.45) is 7.05 Å². The first kappa shape index (κ1) is 18.5. The van der Waals surface area contributed by atoms with Crippen molar-refractivity contribution in [3.05, 3.63) is 6.33 Å². The monoisotopic (exact) mass is 360 g/mol. The normalized spacial score (nSPS) is 16.0. The number of amides is 1. The van der Waals surface area contributed by atoms with E-state index in [-0.39, 0.29) is 18.0 Å². The molecule has 9 heteroatoms. The number of piperazine rings is 1. The van der Waals surface area contributed by atoms with Gasteiger partial charge in [-0.2, -0.15) is 0 Å². The van der Waals surface area contributed by atoms with Gasteiger partial charge in [0.2, 0.25) is 5.91 Å². The fraction of sp³-hybridized carbons (Fsp3) is 0.706. The molecule has 0 aliphatic carbocycles. The molecule has 26 heavy (non-hydrogen) atoms. The van der Waals surface area contributed by atoms with E-state index in [1.54, 1.807) is 11.0 Å². The maximum atomic E-state index is 12.7. The van der Waals surface area contributed by atoms with Gasteiger partial charge in [0.05, 0.1) is 6.54 Å². The van der Waals surface area contributed by atoms with E-state index in [1.807, 2.05) is 11.9 Å². The van der Waals surface area contributed by atoms with Crippen molar-refractivity contribution in [3.8, 4) is 0 Å². The van der Waals surface area contributed by atoms with Crippen LogP contribution in [0.5, 0.6) is 0 Å². The summed E-state index contributed by atoms with van der Waals surface area (Å²) in [7, 11) is 1.82. The molecule has 0 N–H and O–H groups in total. The lowest BCUT2D eigenvalue weighted by atomic mass is 10.2. The van der Waals surface area contributed by atoms with Gasteiger partial charge < -0.3 is 9.80 Å². The zero-order chi connectivity index (χ0) is 18.8. The van der Waals surface area contributed by atoms with Crippen molar-refractivity contribution in [2.45, 2.75) is 39.8 Å². The van der Waals surface area contributed by atoms with Gasteiger partial charge in [0.15, 0.2) is 17.0 Å². The van der Waals surface area contributed by atoms with E-state index in [2.05, 4.69) is 57.8 Å². The third-order valence-electron chi connectivity index (χ3n) is 4.80. The summed E-state index contributed by atoms with van der Waals surface area (Å²) in [6.45, 7) is 12.0. The van der Waals surface area contributed by atoms with E-state index < -0.39 is 0 Å². The Balaban J connectivity index is 1.63. The molecule has 0 aromatic carbocycles. The van der Waals surface area contributed by atoms with Crippen LogP contribution >= 0.6 is 0 Å². The summed E-state index contributed by atoms with van der Waals surface area (Å²) in [4.78, 5) is 27.7. The highest BCUT2D eigenvalue weighted by Gasteiger charge is 2.26. The Kier molecular flexibility index (Phi) is 5.36. The average molecular weight is 360 g/mol. The van der Waals surface area contributed by atoms with Gasteiger partial charge in [-0.05, 0) is 27.7 Å². The molecule has 3 heterocycles. The van der Waals surface area contributed by atoms with Crippen LogP contribution in [0.4, 0.5) is 5.82 Å². The number of rotatable bonds is 5. The average Bonchev–Trinajstić information content (AvgIpc) is 2.96. The van der Waals surface area contributed by atoms with E-state index in [0.29, 0.717) is 6.54 Å². The highest BCUT2D eigenvalue weighted by atomic mass is 16.2. The molecule has 0 unspecified atom stereocenters. The summed E-state index contributed by atoms with van der Waals surface area (Å²) in [6, 6.07) is 0.435. The fourth-order valence-corrected chi connectivity index (χ4v) is 3.64. The number of aromatic nitrogens is 5. The van der Waals surface area contributed by atoms with Gasteiger partial charge in [-0.15, -0.1) is 5.10 Å². The van der Waals surface area contributed by atoms with Crippen molar-refractivity contribution in [1.29, 1.82) is 0 Å². The van der Waals surface area contributed by atoms with Crippen LogP contribution < -0.4 is 4.90 Å². The molecule has 1 saturated heterocycles. The number of hydrogen-bond donors (Lipinski definition) is 0. The molecule has 0 saturated carbocycles. The van der Waals surface area contributed by atoms with Crippen LogP contribution in [0.3, 0.4) is 0 Å². The lowest BCUT2D eigenvalue weighted by molar-refractivity contribution is -0.136. The van der Waals surface area contributed by atoms with Crippen LogP contribution in [-0.4, -0.2) is 85.5 Å². The van der Waals surface area contributed by atoms with E-state index >= 15 is 0 Å². The maximum Gasteiger partial charge on any atom is 0.237 e. The van der Waals surface area contributed by atoms with E-state index in [1.165, 1.54) is 0 Å². The Hall–Kier alpha value is -2.29. The molecular formula is C17H28N8O. The topological polar surface area (TPSA) is 83.3 Å². The molecular weight excluding hydrogens is 332 g/mol. The summed E-state index contributed by atoms with van der Waals surface area (Å²) in [5, 5.41) is 8.23. The standard InChI is InChI=1S/C17H28N8O/c1-12(2)25(13(3)4)14(26)10-23-6-8-24(9-7-23)17-15-16(18-11-19-17)22(5)21-20-15/h11-13H,6-10H2,1-5H3.